The van der Waals surface area contributed by atoms with Gasteiger partial charge in [-0.15, -0.1) is 11.3 Å². The zero-order valence-corrected chi connectivity index (χ0v) is 14.3. The fraction of sp³-hybridized carbons (Fsp3) is 0.714. The molecule has 118 valence electrons. The van der Waals surface area contributed by atoms with Crippen LogP contribution >= 0.6 is 11.3 Å². The van der Waals surface area contributed by atoms with Gasteiger partial charge >= 0.3 is 0 Å². The van der Waals surface area contributed by atoms with E-state index in [-0.39, 0.29) is 11.7 Å². The van der Waals surface area contributed by atoms with Crippen LogP contribution in [0.15, 0.2) is 0 Å². The van der Waals surface area contributed by atoms with E-state index < -0.39 is 15.9 Å². The Bertz CT molecular complexity index is 616. The summed E-state index contributed by atoms with van der Waals surface area (Å²) in [5, 5.41) is 3.80. The van der Waals surface area contributed by atoms with Gasteiger partial charge in [0.2, 0.25) is 0 Å². The molecule has 7 heteroatoms. The van der Waals surface area contributed by atoms with Gasteiger partial charge in [0.05, 0.1) is 16.5 Å². The highest BCUT2D eigenvalue weighted by Gasteiger charge is 2.24. The highest BCUT2D eigenvalue weighted by atomic mass is 32.2. The molecule has 0 radical (unpaired) electrons. The molecule has 21 heavy (non-hydrogen) atoms. The zero-order chi connectivity index (χ0) is 15.6. The van der Waals surface area contributed by atoms with Gasteiger partial charge in [-0.1, -0.05) is 12.8 Å². The lowest BCUT2D eigenvalue weighted by Crippen LogP contribution is -2.37. The fourth-order valence-corrected chi connectivity index (χ4v) is 4.89. The van der Waals surface area contributed by atoms with Crippen molar-refractivity contribution in [1.82, 2.24) is 10.3 Å². The molecule has 0 aromatic carbocycles. The Hall–Kier alpha value is -0.950. The van der Waals surface area contributed by atoms with Crippen molar-refractivity contribution in [1.29, 1.82) is 0 Å². The summed E-state index contributed by atoms with van der Waals surface area (Å²) < 4.78 is 22.5. The van der Waals surface area contributed by atoms with Crippen LogP contribution in [0.5, 0.6) is 0 Å². The van der Waals surface area contributed by atoms with E-state index in [9.17, 15) is 13.2 Å². The summed E-state index contributed by atoms with van der Waals surface area (Å²) in [6.45, 7) is 3.54. The molecule has 1 atom stereocenters. The number of nitrogens with zero attached hydrogens (tertiary/aromatic N) is 1. The minimum atomic E-state index is -3.10. The Labute approximate surface area is 130 Å². The average molecular weight is 330 g/mol. The molecule has 2 rings (SSSR count). The molecule has 0 aliphatic heterocycles. The Morgan fingerprint density at radius 1 is 1.43 bits per heavy atom. The van der Waals surface area contributed by atoms with Gasteiger partial charge in [-0.25, -0.2) is 13.4 Å². The summed E-state index contributed by atoms with van der Waals surface area (Å²) in [4.78, 5) is 17.4. The molecule has 0 spiro atoms. The van der Waals surface area contributed by atoms with Gasteiger partial charge in [0.15, 0.2) is 0 Å². The number of carbonyl (C=O) groups is 1. The third kappa shape index (κ3) is 4.51. The summed E-state index contributed by atoms with van der Waals surface area (Å²) in [6.07, 6.45) is 5.94. The van der Waals surface area contributed by atoms with Crippen LogP contribution in [0.2, 0.25) is 0 Å². The van der Waals surface area contributed by atoms with Gasteiger partial charge in [-0.3, -0.25) is 4.79 Å². The summed E-state index contributed by atoms with van der Waals surface area (Å²) in [5.41, 5.74) is 0.742. The number of hydrogen-bond donors (Lipinski definition) is 1. The van der Waals surface area contributed by atoms with Crippen LogP contribution in [0.3, 0.4) is 0 Å². The first-order valence-corrected chi connectivity index (χ1v) is 10.1. The van der Waals surface area contributed by atoms with Crippen LogP contribution < -0.4 is 5.32 Å². The van der Waals surface area contributed by atoms with E-state index in [0.29, 0.717) is 10.8 Å². The molecule has 1 aromatic heterocycles. The van der Waals surface area contributed by atoms with Crippen molar-refractivity contribution in [2.24, 2.45) is 0 Å². The quantitative estimate of drug-likeness (QED) is 0.898. The number of thiazole rings is 1. The fourth-order valence-electron chi connectivity index (χ4n) is 2.76. The number of carbonyl (C=O) groups excluding carboxylic acids is 1. The summed E-state index contributed by atoms with van der Waals surface area (Å²) in [5.74, 6) is 0.223. The number of hydrogen-bond acceptors (Lipinski definition) is 5. The third-order valence-corrected chi connectivity index (χ3v) is 6.08. The predicted molar refractivity (Wildman–Crippen MR) is 84.7 cm³/mol. The lowest BCUT2D eigenvalue weighted by molar-refractivity contribution is 0.0947. The largest absolute Gasteiger partial charge is 0.348 e. The monoisotopic (exact) mass is 330 g/mol. The van der Waals surface area contributed by atoms with Crippen molar-refractivity contribution in [3.8, 4) is 0 Å². The van der Waals surface area contributed by atoms with Crippen molar-refractivity contribution in [3.63, 3.8) is 0 Å². The van der Waals surface area contributed by atoms with Crippen LogP contribution in [0.25, 0.3) is 0 Å². The standard InChI is InChI=1S/C14H22N2O3S2/c1-9(8-21(3,18)19)15-13(17)12-10(2)16-14(20-12)11-6-4-5-7-11/h9,11H,4-8H2,1-3H3,(H,15,17). The number of rotatable bonds is 5. The van der Waals surface area contributed by atoms with Crippen molar-refractivity contribution >= 4 is 27.1 Å². The van der Waals surface area contributed by atoms with Gasteiger partial charge in [0.1, 0.15) is 14.7 Å². The molecule has 5 nitrogen and oxygen atoms in total. The third-order valence-electron chi connectivity index (χ3n) is 3.65. The second kappa shape index (κ2) is 6.44. The molecule has 0 bridgehead atoms. The Morgan fingerprint density at radius 2 is 2.05 bits per heavy atom. The lowest BCUT2D eigenvalue weighted by Gasteiger charge is -2.11. The number of aromatic nitrogens is 1. The van der Waals surface area contributed by atoms with Gasteiger partial charge < -0.3 is 5.32 Å². The van der Waals surface area contributed by atoms with Crippen LogP contribution in [0.4, 0.5) is 0 Å². The lowest BCUT2D eigenvalue weighted by atomic mass is 10.1. The smallest absolute Gasteiger partial charge is 0.263 e. The SMILES string of the molecule is Cc1nc(C2CCCC2)sc1C(=O)NC(C)CS(C)(=O)=O. The van der Waals surface area contributed by atoms with Gasteiger partial charge in [0, 0.05) is 18.2 Å². The maximum absolute atomic E-state index is 12.3. The van der Waals surface area contributed by atoms with E-state index in [1.165, 1.54) is 30.4 Å². The molecular weight excluding hydrogens is 308 g/mol. The highest BCUT2D eigenvalue weighted by molar-refractivity contribution is 7.90. The Balaban J connectivity index is 2.05. The number of aryl methyl sites for hydroxylation is 1. The molecule has 1 unspecified atom stereocenters. The van der Waals surface area contributed by atoms with Crippen molar-refractivity contribution in [3.05, 3.63) is 15.6 Å². The second-order valence-corrected chi connectivity index (χ2v) is 9.13. The molecule has 1 N–H and O–H groups in total. The van der Waals surface area contributed by atoms with Gasteiger partial charge in [-0.05, 0) is 26.7 Å². The molecular formula is C14H22N2O3S2. The van der Waals surface area contributed by atoms with Crippen molar-refractivity contribution in [2.45, 2.75) is 51.5 Å². The Kier molecular flexibility index (Phi) is 5.03. The second-order valence-electron chi connectivity index (χ2n) is 5.91. The summed E-state index contributed by atoms with van der Waals surface area (Å²) in [7, 11) is -3.10. The maximum Gasteiger partial charge on any atom is 0.263 e. The van der Waals surface area contributed by atoms with E-state index >= 15 is 0 Å². The molecule has 1 aliphatic carbocycles. The predicted octanol–water partition coefficient (Wildman–Crippen LogP) is 2.27. The van der Waals surface area contributed by atoms with E-state index in [4.69, 9.17) is 0 Å². The number of amides is 1. The normalized spacial score (nSPS) is 17.9. The molecule has 0 saturated heterocycles. The van der Waals surface area contributed by atoms with E-state index in [1.807, 2.05) is 6.92 Å². The molecule has 1 heterocycles. The van der Waals surface area contributed by atoms with Crippen molar-refractivity contribution < 1.29 is 13.2 Å². The van der Waals surface area contributed by atoms with Gasteiger partial charge in [0.25, 0.3) is 5.91 Å². The van der Waals surface area contributed by atoms with E-state index in [2.05, 4.69) is 10.3 Å². The minimum absolute atomic E-state index is 0.0495. The molecule has 1 amide bonds. The van der Waals surface area contributed by atoms with E-state index in [1.54, 1.807) is 6.92 Å². The first-order chi connectivity index (χ1) is 9.76. The average Bonchev–Trinajstić information content (AvgIpc) is 2.94. The van der Waals surface area contributed by atoms with Crippen LogP contribution in [-0.2, 0) is 9.84 Å². The molecule has 1 fully saturated rings. The summed E-state index contributed by atoms with van der Waals surface area (Å²) in [6, 6.07) is -0.399. The van der Waals surface area contributed by atoms with Crippen molar-refractivity contribution in [2.75, 3.05) is 12.0 Å². The van der Waals surface area contributed by atoms with Gasteiger partial charge in [-0.2, -0.15) is 0 Å². The molecule has 1 saturated carbocycles. The topological polar surface area (TPSA) is 76.1 Å². The first kappa shape index (κ1) is 16.4. The number of nitrogens with one attached hydrogen (secondary N) is 1. The zero-order valence-electron chi connectivity index (χ0n) is 12.7. The minimum Gasteiger partial charge on any atom is -0.348 e. The molecule has 1 aliphatic rings. The first-order valence-electron chi connectivity index (χ1n) is 7.22. The van der Waals surface area contributed by atoms with Crippen LogP contribution in [-0.4, -0.2) is 37.4 Å². The summed E-state index contributed by atoms with van der Waals surface area (Å²) >= 11 is 1.45. The maximum atomic E-state index is 12.3. The number of sulfone groups is 1. The van der Waals surface area contributed by atoms with E-state index in [0.717, 1.165) is 23.5 Å². The highest BCUT2D eigenvalue weighted by Crippen LogP contribution is 2.37. The van der Waals surface area contributed by atoms with Crippen LogP contribution in [0, 0.1) is 6.92 Å². The Morgan fingerprint density at radius 3 is 2.62 bits per heavy atom. The van der Waals surface area contributed by atoms with Crippen LogP contribution in [0.1, 0.15) is 58.9 Å². The molecule has 1 aromatic rings.